The number of aromatic nitrogens is 1. The molecule has 0 aliphatic heterocycles. The van der Waals surface area contributed by atoms with Crippen molar-refractivity contribution in [1.29, 1.82) is 0 Å². The molecule has 1 unspecified atom stereocenters. The first-order valence-corrected chi connectivity index (χ1v) is 7.16. The molecule has 0 saturated heterocycles. The van der Waals surface area contributed by atoms with Crippen LogP contribution in [0.25, 0.3) is 10.6 Å². The van der Waals surface area contributed by atoms with Crippen LogP contribution in [0.3, 0.4) is 0 Å². The molecule has 0 aliphatic carbocycles. The lowest BCUT2D eigenvalue weighted by Gasteiger charge is -2.00. The Labute approximate surface area is 104 Å². The summed E-state index contributed by atoms with van der Waals surface area (Å²) in [5.74, 6) is 0. The summed E-state index contributed by atoms with van der Waals surface area (Å²) in [4.78, 5) is 5.79. The molecule has 16 heavy (non-hydrogen) atoms. The lowest BCUT2D eigenvalue weighted by molar-refractivity contribution is 0.790. The standard InChI is InChI=1S/C12H14N2S2/c1-8(13)11-7-16-12(14-11)9-3-5-10(15-2)6-4-9/h3-8H,13H2,1-2H3. The Hall–Kier alpha value is -0.840. The molecule has 1 aromatic heterocycles. The highest BCUT2D eigenvalue weighted by Gasteiger charge is 2.07. The van der Waals surface area contributed by atoms with E-state index in [4.69, 9.17) is 5.73 Å². The molecule has 0 saturated carbocycles. The van der Waals surface area contributed by atoms with E-state index in [1.165, 1.54) is 4.90 Å². The van der Waals surface area contributed by atoms with Crippen LogP contribution < -0.4 is 5.73 Å². The van der Waals surface area contributed by atoms with E-state index in [0.717, 1.165) is 16.3 Å². The van der Waals surface area contributed by atoms with Crippen molar-refractivity contribution in [3.8, 4) is 10.6 Å². The van der Waals surface area contributed by atoms with E-state index in [2.05, 4.69) is 35.5 Å². The SMILES string of the molecule is CSc1ccc(-c2nc(C(C)N)cs2)cc1. The lowest BCUT2D eigenvalue weighted by atomic mass is 10.2. The van der Waals surface area contributed by atoms with Crippen molar-refractivity contribution >= 4 is 23.1 Å². The largest absolute Gasteiger partial charge is 0.323 e. The van der Waals surface area contributed by atoms with Gasteiger partial charge in [-0.2, -0.15) is 0 Å². The van der Waals surface area contributed by atoms with E-state index in [9.17, 15) is 0 Å². The summed E-state index contributed by atoms with van der Waals surface area (Å²) >= 11 is 3.39. The summed E-state index contributed by atoms with van der Waals surface area (Å²) in [5, 5.41) is 3.07. The van der Waals surface area contributed by atoms with E-state index in [-0.39, 0.29) is 6.04 Å². The smallest absolute Gasteiger partial charge is 0.123 e. The third-order valence-electron chi connectivity index (χ3n) is 2.33. The fourth-order valence-electron chi connectivity index (χ4n) is 1.36. The maximum absolute atomic E-state index is 5.79. The minimum atomic E-state index is 0.00969. The summed E-state index contributed by atoms with van der Waals surface area (Å²) in [6.45, 7) is 1.95. The van der Waals surface area contributed by atoms with Crippen molar-refractivity contribution in [2.24, 2.45) is 5.73 Å². The highest BCUT2D eigenvalue weighted by molar-refractivity contribution is 7.98. The molecule has 0 spiro atoms. The Balaban J connectivity index is 2.28. The maximum Gasteiger partial charge on any atom is 0.123 e. The first-order chi connectivity index (χ1) is 7.70. The second kappa shape index (κ2) is 4.99. The zero-order chi connectivity index (χ0) is 11.5. The Morgan fingerprint density at radius 2 is 2.00 bits per heavy atom. The van der Waals surface area contributed by atoms with E-state index in [0.29, 0.717) is 0 Å². The van der Waals surface area contributed by atoms with E-state index >= 15 is 0 Å². The minimum Gasteiger partial charge on any atom is -0.323 e. The quantitative estimate of drug-likeness (QED) is 0.847. The molecule has 0 bridgehead atoms. The summed E-state index contributed by atoms with van der Waals surface area (Å²) < 4.78 is 0. The fourth-order valence-corrected chi connectivity index (χ4v) is 2.70. The number of thioether (sulfide) groups is 1. The van der Waals surface area contributed by atoms with E-state index in [1.807, 2.05) is 12.3 Å². The van der Waals surface area contributed by atoms with Gasteiger partial charge in [-0.3, -0.25) is 0 Å². The molecule has 4 heteroatoms. The Morgan fingerprint density at radius 3 is 2.50 bits per heavy atom. The number of benzene rings is 1. The summed E-state index contributed by atoms with van der Waals surface area (Å²) in [5.41, 5.74) is 7.92. The molecule has 0 radical (unpaired) electrons. The normalized spacial score (nSPS) is 12.7. The van der Waals surface area contributed by atoms with Gasteiger partial charge < -0.3 is 5.73 Å². The number of nitrogens with zero attached hydrogens (tertiary/aromatic N) is 1. The first-order valence-electron chi connectivity index (χ1n) is 5.06. The van der Waals surface area contributed by atoms with Gasteiger partial charge in [-0.1, -0.05) is 12.1 Å². The van der Waals surface area contributed by atoms with E-state index < -0.39 is 0 Å². The van der Waals surface area contributed by atoms with Crippen molar-refractivity contribution in [3.63, 3.8) is 0 Å². The van der Waals surface area contributed by atoms with Gasteiger partial charge in [0.25, 0.3) is 0 Å². The van der Waals surface area contributed by atoms with Crippen LogP contribution in [0.4, 0.5) is 0 Å². The number of hydrogen-bond donors (Lipinski definition) is 1. The monoisotopic (exact) mass is 250 g/mol. The average molecular weight is 250 g/mol. The van der Waals surface area contributed by atoms with Gasteiger partial charge in [-0.15, -0.1) is 23.1 Å². The Kier molecular flexibility index (Phi) is 3.63. The predicted octanol–water partition coefficient (Wildman–Crippen LogP) is 3.55. The Morgan fingerprint density at radius 1 is 1.31 bits per heavy atom. The van der Waals surface area contributed by atoms with Crippen LogP contribution >= 0.6 is 23.1 Å². The highest BCUT2D eigenvalue weighted by Crippen LogP contribution is 2.27. The minimum absolute atomic E-state index is 0.00969. The second-order valence-electron chi connectivity index (χ2n) is 3.59. The third-order valence-corrected chi connectivity index (χ3v) is 3.98. The first kappa shape index (κ1) is 11.6. The molecular formula is C12H14N2S2. The molecule has 0 amide bonds. The predicted molar refractivity (Wildman–Crippen MR) is 71.9 cm³/mol. The molecule has 2 nitrogen and oxygen atoms in total. The molecular weight excluding hydrogens is 236 g/mol. The molecule has 2 rings (SSSR count). The molecule has 0 aliphatic rings. The molecule has 1 heterocycles. The maximum atomic E-state index is 5.79. The molecule has 2 N–H and O–H groups in total. The lowest BCUT2D eigenvalue weighted by Crippen LogP contribution is -2.04. The van der Waals surface area contributed by atoms with Gasteiger partial charge in [0.15, 0.2) is 0 Å². The van der Waals surface area contributed by atoms with Crippen molar-refractivity contribution in [2.75, 3.05) is 6.26 Å². The fraction of sp³-hybridized carbons (Fsp3) is 0.250. The molecule has 2 aromatic rings. The van der Waals surface area contributed by atoms with Crippen LogP contribution in [0.15, 0.2) is 34.5 Å². The topological polar surface area (TPSA) is 38.9 Å². The van der Waals surface area contributed by atoms with Crippen LogP contribution in [0.5, 0.6) is 0 Å². The molecule has 1 atom stereocenters. The number of nitrogens with two attached hydrogens (primary N) is 1. The second-order valence-corrected chi connectivity index (χ2v) is 5.33. The van der Waals surface area contributed by atoms with Gasteiger partial charge in [-0.05, 0) is 25.3 Å². The zero-order valence-corrected chi connectivity index (χ0v) is 10.9. The average Bonchev–Trinajstić information content (AvgIpc) is 2.78. The molecule has 84 valence electrons. The van der Waals surface area contributed by atoms with Crippen LogP contribution in [0.1, 0.15) is 18.7 Å². The van der Waals surface area contributed by atoms with Crippen molar-refractivity contribution < 1.29 is 0 Å². The van der Waals surface area contributed by atoms with Crippen LogP contribution in [0, 0.1) is 0 Å². The van der Waals surface area contributed by atoms with Gasteiger partial charge in [0.1, 0.15) is 5.01 Å². The molecule has 1 aromatic carbocycles. The van der Waals surface area contributed by atoms with Gasteiger partial charge in [-0.25, -0.2) is 4.98 Å². The van der Waals surface area contributed by atoms with Crippen LogP contribution in [-0.2, 0) is 0 Å². The highest BCUT2D eigenvalue weighted by atomic mass is 32.2. The van der Waals surface area contributed by atoms with Crippen LogP contribution in [-0.4, -0.2) is 11.2 Å². The summed E-state index contributed by atoms with van der Waals surface area (Å²) in [6, 6.07) is 8.46. The van der Waals surface area contributed by atoms with Crippen LogP contribution in [0.2, 0.25) is 0 Å². The van der Waals surface area contributed by atoms with E-state index in [1.54, 1.807) is 23.1 Å². The number of hydrogen-bond acceptors (Lipinski definition) is 4. The van der Waals surface area contributed by atoms with Gasteiger partial charge in [0, 0.05) is 21.9 Å². The summed E-state index contributed by atoms with van der Waals surface area (Å²) in [7, 11) is 0. The van der Waals surface area contributed by atoms with Crippen molar-refractivity contribution in [1.82, 2.24) is 4.98 Å². The number of rotatable bonds is 3. The zero-order valence-electron chi connectivity index (χ0n) is 9.31. The van der Waals surface area contributed by atoms with Crippen molar-refractivity contribution in [3.05, 3.63) is 35.3 Å². The molecule has 0 fully saturated rings. The Bertz CT molecular complexity index is 460. The summed E-state index contributed by atoms with van der Waals surface area (Å²) in [6.07, 6.45) is 2.08. The van der Waals surface area contributed by atoms with Gasteiger partial charge >= 0.3 is 0 Å². The van der Waals surface area contributed by atoms with Crippen molar-refractivity contribution in [2.45, 2.75) is 17.9 Å². The van der Waals surface area contributed by atoms with Gasteiger partial charge in [0.2, 0.25) is 0 Å². The third kappa shape index (κ3) is 2.45. The van der Waals surface area contributed by atoms with Gasteiger partial charge in [0.05, 0.1) is 5.69 Å². The number of thiazole rings is 1.